The highest BCUT2D eigenvalue weighted by Crippen LogP contribution is 2.37. The Labute approximate surface area is 157 Å². The SMILES string of the molecule is CN1C(=O)CCC1(O)c1ccc(Cl)c(S(=O)(=O)NCc2ccccc2)c1. The van der Waals surface area contributed by atoms with Gasteiger partial charge in [0.15, 0.2) is 5.72 Å². The van der Waals surface area contributed by atoms with Crippen molar-refractivity contribution in [3.05, 3.63) is 64.7 Å². The summed E-state index contributed by atoms with van der Waals surface area (Å²) in [7, 11) is -2.40. The Bertz CT molecular complexity index is 933. The van der Waals surface area contributed by atoms with Crippen LogP contribution in [0.4, 0.5) is 0 Å². The van der Waals surface area contributed by atoms with Crippen molar-refractivity contribution >= 4 is 27.5 Å². The van der Waals surface area contributed by atoms with E-state index in [1.54, 1.807) is 0 Å². The summed E-state index contributed by atoms with van der Waals surface area (Å²) >= 11 is 6.10. The zero-order valence-corrected chi connectivity index (χ0v) is 15.7. The Morgan fingerprint density at radius 1 is 1.23 bits per heavy atom. The maximum absolute atomic E-state index is 12.7. The summed E-state index contributed by atoms with van der Waals surface area (Å²) in [4.78, 5) is 12.9. The zero-order valence-electron chi connectivity index (χ0n) is 14.1. The Morgan fingerprint density at radius 2 is 1.92 bits per heavy atom. The molecule has 1 heterocycles. The van der Waals surface area contributed by atoms with Crippen LogP contribution >= 0.6 is 11.6 Å². The maximum atomic E-state index is 12.7. The number of hydrogen-bond acceptors (Lipinski definition) is 4. The predicted molar refractivity (Wildman–Crippen MR) is 97.8 cm³/mol. The van der Waals surface area contributed by atoms with Crippen LogP contribution in [0.15, 0.2) is 53.4 Å². The quantitative estimate of drug-likeness (QED) is 0.814. The number of hydrogen-bond donors (Lipinski definition) is 2. The smallest absolute Gasteiger partial charge is 0.242 e. The number of carbonyl (C=O) groups excluding carboxylic acids is 1. The average Bonchev–Trinajstić information content (AvgIpc) is 2.90. The summed E-state index contributed by atoms with van der Waals surface area (Å²) in [6, 6.07) is 13.4. The Balaban J connectivity index is 1.91. The van der Waals surface area contributed by atoms with E-state index in [0.717, 1.165) is 5.56 Å². The average molecular weight is 395 g/mol. The molecule has 0 aliphatic carbocycles. The number of nitrogens with zero attached hydrogens (tertiary/aromatic N) is 1. The Morgan fingerprint density at radius 3 is 2.54 bits per heavy atom. The highest BCUT2D eigenvalue weighted by atomic mass is 35.5. The second kappa shape index (κ2) is 7.00. The number of halogens is 1. The summed E-state index contributed by atoms with van der Waals surface area (Å²) in [5, 5.41) is 10.9. The van der Waals surface area contributed by atoms with Crippen LogP contribution in [-0.2, 0) is 27.1 Å². The fourth-order valence-corrected chi connectivity index (χ4v) is 4.51. The first-order valence-corrected chi connectivity index (χ1v) is 9.93. The molecule has 0 saturated carbocycles. The van der Waals surface area contributed by atoms with Gasteiger partial charge in [-0.15, -0.1) is 0 Å². The standard InChI is InChI=1S/C18H19ClN2O4S/c1-21-17(22)9-10-18(21,23)14-7-8-15(19)16(11-14)26(24,25)20-12-13-5-3-2-4-6-13/h2-8,11,20,23H,9-10,12H2,1H3. The molecular weight excluding hydrogens is 376 g/mol. The number of aliphatic hydroxyl groups is 1. The van der Waals surface area contributed by atoms with Crippen LogP contribution in [-0.4, -0.2) is 31.4 Å². The van der Waals surface area contributed by atoms with Gasteiger partial charge >= 0.3 is 0 Å². The molecule has 1 aliphatic rings. The minimum atomic E-state index is -3.90. The first kappa shape index (κ1) is 18.8. The lowest BCUT2D eigenvalue weighted by molar-refractivity contribution is -0.142. The molecule has 0 aromatic heterocycles. The third kappa shape index (κ3) is 3.48. The minimum Gasteiger partial charge on any atom is -0.367 e. The van der Waals surface area contributed by atoms with E-state index >= 15 is 0 Å². The molecule has 2 aromatic carbocycles. The highest BCUT2D eigenvalue weighted by molar-refractivity contribution is 7.89. The molecule has 1 unspecified atom stereocenters. The maximum Gasteiger partial charge on any atom is 0.242 e. The van der Waals surface area contributed by atoms with Gasteiger partial charge in [0.05, 0.1) is 5.02 Å². The van der Waals surface area contributed by atoms with E-state index in [1.807, 2.05) is 30.3 Å². The van der Waals surface area contributed by atoms with E-state index in [1.165, 1.54) is 30.1 Å². The number of sulfonamides is 1. The fourth-order valence-electron chi connectivity index (χ4n) is 2.97. The van der Waals surface area contributed by atoms with Gasteiger partial charge in [-0.25, -0.2) is 13.1 Å². The van der Waals surface area contributed by atoms with E-state index in [4.69, 9.17) is 11.6 Å². The molecule has 138 valence electrons. The monoisotopic (exact) mass is 394 g/mol. The molecule has 6 nitrogen and oxygen atoms in total. The van der Waals surface area contributed by atoms with Gasteiger partial charge in [0.2, 0.25) is 15.9 Å². The van der Waals surface area contributed by atoms with Crippen LogP contribution in [0.25, 0.3) is 0 Å². The molecule has 1 saturated heterocycles. The van der Waals surface area contributed by atoms with E-state index in [2.05, 4.69) is 4.72 Å². The van der Waals surface area contributed by atoms with Crippen molar-refractivity contribution < 1.29 is 18.3 Å². The van der Waals surface area contributed by atoms with E-state index in [0.29, 0.717) is 5.56 Å². The van der Waals surface area contributed by atoms with Crippen LogP contribution in [0.5, 0.6) is 0 Å². The van der Waals surface area contributed by atoms with E-state index in [-0.39, 0.29) is 35.2 Å². The second-order valence-electron chi connectivity index (χ2n) is 6.22. The number of nitrogens with one attached hydrogen (secondary N) is 1. The van der Waals surface area contributed by atoms with Crippen molar-refractivity contribution in [1.82, 2.24) is 9.62 Å². The molecule has 2 N–H and O–H groups in total. The molecular formula is C18H19ClN2O4S. The van der Waals surface area contributed by atoms with Crippen molar-refractivity contribution in [2.45, 2.75) is 30.0 Å². The molecule has 1 fully saturated rings. The third-order valence-electron chi connectivity index (χ3n) is 4.61. The first-order chi connectivity index (χ1) is 12.2. The van der Waals surface area contributed by atoms with Gasteiger partial charge in [-0.1, -0.05) is 48.0 Å². The lowest BCUT2D eigenvalue weighted by Crippen LogP contribution is -2.40. The second-order valence-corrected chi connectivity index (χ2v) is 8.37. The zero-order chi connectivity index (χ0) is 18.9. The topological polar surface area (TPSA) is 86.7 Å². The number of rotatable bonds is 5. The Kier molecular flexibility index (Phi) is 5.07. The lowest BCUT2D eigenvalue weighted by atomic mass is 10.0. The molecule has 0 radical (unpaired) electrons. The summed E-state index contributed by atoms with van der Waals surface area (Å²) in [5.74, 6) is -0.200. The molecule has 8 heteroatoms. The highest BCUT2D eigenvalue weighted by Gasteiger charge is 2.43. The van der Waals surface area contributed by atoms with Crippen LogP contribution in [0, 0.1) is 0 Å². The summed E-state index contributed by atoms with van der Waals surface area (Å²) < 4.78 is 27.9. The van der Waals surface area contributed by atoms with Crippen LogP contribution in [0.3, 0.4) is 0 Å². The van der Waals surface area contributed by atoms with Gasteiger partial charge < -0.3 is 10.0 Å². The van der Waals surface area contributed by atoms with Gasteiger partial charge in [0, 0.05) is 32.0 Å². The van der Waals surface area contributed by atoms with Gasteiger partial charge in [0.25, 0.3) is 0 Å². The van der Waals surface area contributed by atoms with Crippen LogP contribution in [0.2, 0.25) is 5.02 Å². The van der Waals surface area contributed by atoms with Crippen molar-refractivity contribution in [3.63, 3.8) is 0 Å². The summed E-state index contributed by atoms with van der Waals surface area (Å²) in [5.41, 5.74) is -0.413. The predicted octanol–water partition coefficient (Wildman–Crippen LogP) is 2.22. The Hall–Kier alpha value is -1.93. The fraction of sp³-hybridized carbons (Fsp3) is 0.278. The van der Waals surface area contributed by atoms with Crippen molar-refractivity contribution in [2.75, 3.05) is 7.05 Å². The molecule has 2 aromatic rings. The molecule has 26 heavy (non-hydrogen) atoms. The molecule has 0 spiro atoms. The molecule has 1 atom stereocenters. The normalized spacial score (nSPS) is 20.6. The lowest BCUT2D eigenvalue weighted by Gasteiger charge is -2.31. The van der Waals surface area contributed by atoms with Gasteiger partial charge in [-0.05, 0) is 17.7 Å². The van der Waals surface area contributed by atoms with E-state index in [9.17, 15) is 18.3 Å². The van der Waals surface area contributed by atoms with Gasteiger partial charge in [-0.2, -0.15) is 0 Å². The van der Waals surface area contributed by atoms with E-state index < -0.39 is 15.7 Å². The molecule has 0 bridgehead atoms. The summed E-state index contributed by atoms with van der Waals surface area (Å²) in [6.07, 6.45) is 0.394. The van der Waals surface area contributed by atoms with Gasteiger partial charge in [0.1, 0.15) is 4.90 Å². The van der Waals surface area contributed by atoms with Gasteiger partial charge in [-0.3, -0.25) is 4.79 Å². The number of benzene rings is 2. The van der Waals surface area contributed by atoms with Crippen molar-refractivity contribution in [2.24, 2.45) is 0 Å². The largest absolute Gasteiger partial charge is 0.367 e. The van der Waals surface area contributed by atoms with Crippen molar-refractivity contribution in [3.8, 4) is 0 Å². The minimum absolute atomic E-state index is 0.0462. The first-order valence-electron chi connectivity index (χ1n) is 8.07. The number of carbonyl (C=O) groups is 1. The van der Waals surface area contributed by atoms with Crippen molar-refractivity contribution in [1.29, 1.82) is 0 Å². The van der Waals surface area contributed by atoms with Crippen LogP contribution < -0.4 is 4.72 Å². The molecule has 1 amide bonds. The molecule has 3 rings (SSSR count). The van der Waals surface area contributed by atoms with Crippen LogP contribution in [0.1, 0.15) is 24.0 Å². The number of likely N-dealkylation sites (tertiary alicyclic amines) is 1. The summed E-state index contributed by atoms with van der Waals surface area (Å²) in [6.45, 7) is 0.117. The third-order valence-corrected chi connectivity index (χ3v) is 6.49. The molecule has 1 aliphatic heterocycles. The number of amides is 1.